The number of hydrogen-bond donors (Lipinski definition) is 0. The molecule has 0 unspecified atom stereocenters. The minimum atomic E-state index is -0.187. The van der Waals surface area contributed by atoms with Gasteiger partial charge in [-0.05, 0) is 50.7 Å². The fourth-order valence-corrected chi connectivity index (χ4v) is 4.92. The highest BCUT2D eigenvalue weighted by Gasteiger charge is 2.35. The molecule has 1 aromatic heterocycles. The maximum atomic E-state index is 13.4. The Morgan fingerprint density at radius 2 is 2.00 bits per heavy atom. The van der Waals surface area contributed by atoms with Crippen molar-refractivity contribution < 1.29 is 4.79 Å². The number of nitrogens with zero attached hydrogens (tertiary/aromatic N) is 2. The number of piperidine rings is 1. The lowest BCUT2D eigenvalue weighted by Crippen LogP contribution is -2.41. The van der Waals surface area contributed by atoms with Crippen LogP contribution in [-0.4, -0.2) is 28.9 Å². The minimum absolute atomic E-state index is 0.167. The van der Waals surface area contributed by atoms with Gasteiger partial charge in [0.15, 0.2) is 0 Å². The molecule has 0 N–H and O–H groups in total. The van der Waals surface area contributed by atoms with Gasteiger partial charge in [-0.2, -0.15) is 0 Å². The predicted octanol–water partition coefficient (Wildman–Crippen LogP) is 5.38. The Balaban J connectivity index is 2.00. The number of thiazole rings is 1. The van der Waals surface area contributed by atoms with Crippen LogP contribution in [0.5, 0.6) is 0 Å². The van der Waals surface area contributed by atoms with E-state index in [1.54, 1.807) is 11.3 Å². The number of para-hydroxylation sites is 1. The van der Waals surface area contributed by atoms with E-state index < -0.39 is 0 Å². The molecule has 1 aliphatic rings. The van der Waals surface area contributed by atoms with Gasteiger partial charge in [0.1, 0.15) is 5.01 Å². The number of fused-ring (bicyclic) bond motifs is 1. The van der Waals surface area contributed by atoms with Gasteiger partial charge >= 0.3 is 0 Å². The zero-order valence-electron chi connectivity index (χ0n) is 15.3. The summed E-state index contributed by atoms with van der Waals surface area (Å²) in [7, 11) is 0. The Bertz CT molecular complexity index is 712. The topological polar surface area (TPSA) is 33.2 Å². The molecule has 25 heavy (non-hydrogen) atoms. The first kappa shape index (κ1) is 18.1. The summed E-state index contributed by atoms with van der Waals surface area (Å²) >= 11 is 1.67. The van der Waals surface area contributed by atoms with Crippen molar-refractivity contribution in [3.63, 3.8) is 0 Å². The summed E-state index contributed by atoms with van der Waals surface area (Å²) in [5, 5.41) is 0.957. The quantitative estimate of drug-likeness (QED) is 0.651. The van der Waals surface area contributed by atoms with Gasteiger partial charge in [0, 0.05) is 13.1 Å². The lowest BCUT2D eigenvalue weighted by atomic mass is 9.82. The minimum Gasteiger partial charge on any atom is -0.342 e. The molecule has 1 aliphatic heterocycles. The molecule has 1 fully saturated rings. The van der Waals surface area contributed by atoms with Crippen molar-refractivity contribution in [2.75, 3.05) is 13.1 Å². The van der Waals surface area contributed by atoms with Crippen molar-refractivity contribution >= 4 is 27.5 Å². The standard InChI is InChI=1S/C21H28N2OS/c1-4-10-16(15(2)3)19(21(24)23-13-8-5-9-14-23)20-22-17-11-6-7-12-18(17)25-20/h6-7,11-12,16,19H,2,4-5,8-10,13-14H2,1,3H3/t16-,19-/m0/s1. The van der Waals surface area contributed by atoms with Crippen LogP contribution in [0.2, 0.25) is 0 Å². The Hall–Kier alpha value is -1.68. The van der Waals surface area contributed by atoms with E-state index in [1.165, 1.54) is 6.42 Å². The van der Waals surface area contributed by atoms with Gasteiger partial charge in [0.25, 0.3) is 0 Å². The molecule has 1 saturated heterocycles. The molecule has 2 aromatic rings. The Morgan fingerprint density at radius 1 is 1.28 bits per heavy atom. The molecule has 2 heterocycles. The first-order valence-corrected chi connectivity index (χ1v) is 10.2. The number of likely N-dealkylation sites (tertiary alicyclic amines) is 1. The molecule has 0 bridgehead atoms. The zero-order chi connectivity index (χ0) is 17.8. The summed E-state index contributed by atoms with van der Waals surface area (Å²) in [5.74, 6) is 0.230. The molecule has 4 heteroatoms. The highest BCUT2D eigenvalue weighted by atomic mass is 32.1. The summed E-state index contributed by atoms with van der Waals surface area (Å²) in [4.78, 5) is 20.4. The van der Waals surface area contributed by atoms with Crippen molar-refractivity contribution in [1.82, 2.24) is 9.88 Å². The highest BCUT2D eigenvalue weighted by molar-refractivity contribution is 7.18. The number of allylic oxidation sites excluding steroid dienone is 1. The van der Waals surface area contributed by atoms with Gasteiger partial charge in [0.2, 0.25) is 5.91 Å². The summed E-state index contributed by atoms with van der Waals surface area (Å²) in [5.41, 5.74) is 2.09. The lowest BCUT2D eigenvalue weighted by molar-refractivity contribution is -0.134. The largest absolute Gasteiger partial charge is 0.342 e. The lowest BCUT2D eigenvalue weighted by Gasteiger charge is -2.33. The van der Waals surface area contributed by atoms with Crippen LogP contribution in [0.4, 0.5) is 0 Å². The fourth-order valence-electron chi connectivity index (χ4n) is 3.79. The maximum Gasteiger partial charge on any atom is 0.233 e. The third-order valence-corrected chi connectivity index (χ3v) is 6.26. The summed E-state index contributed by atoms with van der Waals surface area (Å²) < 4.78 is 1.16. The van der Waals surface area contributed by atoms with Gasteiger partial charge in [-0.15, -0.1) is 11.3 Å². The van der Waals surface area contributed by atoms with Crippen molar-refractivity contribution in [3.05, 3.63) is 41.4 Å². The van der Waals surface area contributed by atoms with E-state index in [0.29, 0.717) is 0 Å². The molecule has 0 spiro atoms. The number of aromatic nitrogens is 1. The van der Waals surface area contributed by atoms with Crippen LogP contribution in [0.1, 0.15) is 56.9 Å². The van der Waals surface area contributed by atoms with Crippen molar-refractivity contribution in [2.45, 2.75) is 51.9 Å². The number of carbonyl (C=O) groups is 1. The first-order chi connectivity index (χ1) is 12.1. The van der Waals surface area contributed by atoms with E-state index in [9.17, 15) is 4.79 Å². The number of carbonyl (C=O) groups excluding carboxylic acids is 1. The van der Waals surface area contributed by atoms with Crippen LogP contribution < -0.4 is 0 Å². The van der Waals surface area contributed by atoms with Gasteiger partial charge in [-0.1, -0.05) is 37.6 Å². The Kier molecular flexibility index (Phi) is 5.89. The van der Waals surface area contributed by atoms with Crippen LogP contribution in [0, 0.1) is 5.92 Å². The van der Waals surface area contributed by atoms with Crippen LogP contribution in [0.3, 0.4) is 0 Å². The van der Waals surface area contributed by atoms with Crippen molar-refractivity contribution in [2.24, 2.45) is 5.92 Å². The molecule has 1 aromatic carbocycles. The third-order valence-electron chi connectivity index (χ3n) is 5.15. The van der Waals surface area contributed by atoms with E-state index in [2.05, 4.69) is 31.4 Å². The van der Waals surface area contributed by atoms with Crippen LogP contribution in [-0.2, 0) is 4.79 Å². The second-order valence-corrected chi connectivity index (χ2v) is 8.19. The van der Waals surface area contributed by atoms with Gasteiger partial charge < -0.3 is 4.90 Å². The van der Waals surface area contributed by atoms with Crippen LogP contribution >= 0.6 is 11.3 Å². The summed E-state index contributed by atoms with van der Waals surface area (Å²) in [6, 6.07) is 8.17. The predicted molar refractivity (Wildman–Crippen MR) is 106 cm³/mol. The molecular formula is C21H28N2OS. The number of hydrogen-bond acceptors (Lipinski definition) is 3. The monoisotopic (exact) mass is 356 g/mol. The molecular weight excluding hydrogens is 328 g/mol. The average molecular weight is 357 g/mol. The van der Waals surface area contributed by atoms with E-state index in [1.807, 2.05) is 18.2 Å². The number of rotatable bonds is 6. The Labute approximate surface area is 154 Å². The van der Waals surface area contributed by atoms with E-state index in [0.717, 1.165) is 59.6 Å². The molecule has 3 nitrogen and oxygen atoms in total. The Morgan fingerprint density at radius 3 is 2.64 bits per heavy atom. The van der Waals surface area contributed by atoms with Gasteiger partial charge in [-0.3, -0.25) is 4.79 Å². The average Bonchev–Trinajstić information content (AvgIpc) is 3.05. The normalized spacial score (nSPS) is 17.4. The van der Waals surface area contributed by atoms with Crippen LogP contribution in [0.15, 0.2) is 36.4 Å². The van der Waals surface area contributed by atoms with Gasteiger partial charge in [0.05, 0.1) is 16.1 Å². The number of benzene rings is 1. The molecule has 0 saturated carbocycles. The van der Waals surface area contributed by atoms with E-state index in [4.69, 9.17) is 4.98 Å². The maximum absolute atomic E-state index is 13.4. The second-order valence-electron chi connectivity index (χ2n) is 7.12. The molecule has 2 atom stereocenters. The molecule has 1 amide bonds. The van der Waals surface area contributed by atoms with Crippen molar-refractivity contribution in [1.29, 1.82) is 0 Å². The highest BCUT2D eigenvalue weighted by Crippen LogP contribution is 2.38. The van der Waals surface area contributed by atoms with E-state index >= 15 is 0 Å². The molecule has 134 valence electrons. The second kappa shape index (κ2) is 8.13. The summed E-state index contributed by atoms with van der Waals surface area (Å²) in [6.07, 6.45) is 5.49. The third kappa shape index (κ3) is 3.95. The fraction of sp³-hybridized carbons (Fsp3) is 0.524. The molecule has 3 rings (SSSR count). The SMILES string of the molecule is C=C(C)[C@H](CCC)[C@H](C(=O)N1CCCCC1)c1nc2ccccc2s1. The first-order valence-electron chi connectivity index (χ1n) is 9.41. The zero-order valence-corrected chi connectivity index (χ0v) is 16.1. The molecule has 0 aliphatic carbocycles. The smallest absolute Gasteiger partial charge is 0.233 e. The van der Waals surface area contributed by atoms with Crippen molar-refractivity contribution in [3.8, 4) is 0 Å². The van der Waals surface area contributed by atoms with Crippen LogP contribution in [0.25, 0.3) is 10.2 Å². The summed E-state index contributed by atoms with van der Waals surface area (Å²) in [6.45, 7) is 10.2. The van der Waals surface area contributed by atoms with E-state index in [-0.39, 0.29) is 17.7 Å². The molecule has 0 radical (unpaired) electrons. The number of amides is 1. The van der Waals surface area contributed by atoms with Gasteiger partial charge in [-0.25, -0.2) is 4.98 Å².